The van der Waals surface area contributed by atoms with Crippen LogP contribution in [0.5, 0.6) is 0 Å². The Balaban J connectivity index is 1.78. The Labute approximate surface area is 150 Å². The molecule has 0 unspecified atom stereocenters. The van der Waals surface area contributed by atoms with Crippen LogP contribution in [0.25, 0.3) is 10.9 Å². The molecule has 0 aliphatic heterocycles. The average molecular weight is 356 g/mol. The van der Waals surface area contributed by atoms with E-state index in [0.29, 0.717) is 16.9 Å². The van der Waals surface area contributed by atoms with Gasteiger partial charge in [-0.3, -0.25) is 9.59 Å². The number of pyridine rings is 1. The van der Waals surface area contributed by atoms with Crippen molar-refractivity contribution in [2.24, 2.45) is 5.92 Å². The first-order valence-electron chi connectivity index (χ1n) is 8.01. The summed E-state index contributed by atoms with van der Waals surface area (Å²) in [6.07, 6.45) is 1.89. The summed E-state index contributed by atoms with van der Waals surface area (Å²) in [5.74, 6) is -0.229. The zero-order valence-electron chi connectivity index (χ0n) is 14.0. The Morgan fingerprint density at radius 1 is 1.20 bits per heavy atom. The summed E-state index contributed by atoms with van der Waals surface area (Å²) in [6, 6.07) is 10.9. The summed E-state index contributed by atoms with van der Waals surface area (Å²) < 4.78 is 0. The number of para-hydroxylation sites is 1. The van der Waals surface area contributed by atoms with E-state index >= 15 is 0 Å². The van der Waals surface area contributed by atoms with Crippen LogP contribution in [-0.2, 0) is 11.2 Å². The van der Waals surface area contributed by atoms with Crippen molar-refractivity contribution in [1.82, 2.24) is 9.97 Å². The quantitative estimate of drug-likeness (QED) is 0.672. The van der Waals surface area contributed by atoms with Crippen molar-refractivity contribution in [1.29, 1.82) is 0 Å². The lowest BCUT2D eigenvalue weighted by molar-refractivity contribution is -0.121. The standard InChI is InChI=1S/C19H18ClN3O2/c1-11(2)17(24)9-12-7-8-16(18(20)22-12)23-19(25)14-10-21-15-6-4-3-5-13(14)15/h3-8,10-11,21H,9H2,1-2H3,(H,23,25). The molecule has 5 nitrogen and oxygen atoms in total. The second-order valence-electron chi connectivity index (χ2n) is 6.14. The van der Waals surface area contributed by atoms with Gasteiger partial charge in [0.25, 0.3) is 5.91 Å². The van der Waals surface area contributed by atoms with Crippen molar-refractivity contribution in [3.8, 4) is 0 Å². The number of rotatable bonds is 5. The van der Waals surface area contributed by atoms with Crippen LogP contribution in [0.15, 0.2) is 42.6 Å². The lowest BCUT2D eigenvalue weighted by Crippen LogP contribution is -2.14. The van der Waals surface area contributed by atoms with Gasteiger partial charge in [-0.1, -0.05) is 43.6 Å². The second kappa shape index (κ2) is 7.07. The first-order chi connectivity index (χ1) is 12.0. The molecule has 0 aliphatic rings. The number of carbonyl (C=O) groups excluding carboxylic acids is 2. The van der Waals surface area contributed by atoms with E-state index < -0.39 is 0 Å². The number of aromatic nitrogens is 2. The van der Waals surface area contributed by atoms with Gasteiger partial charge in [0.05, 0.1) is 11.3 Å². The Morgan fingerprint density at radius 3 is 2.68 bits per heavy atom. The van der Waals surface area contributed by atoms with E-state index in [1.165, 1.54) is 0 Å². The van der Waals surface area contributed by atoms with Crippen LogP contribution in [0, 0.1) is 5.92 Å². The number of amides is 1. The fourth-order valence-corrected chi connectivity index (χ4v) is 2.71. The SMILES string of the molecule is CC(C)C(=O)Cc1ccc(NC(=O)c2c[nH]c3ccccc23)c(Cl)n1. The second-order valence-corrected chi connectivity index (χ2v) is 6.50. The minimum absolute atomic E-state index is 0.0539. The number of halogens is 1. The lowest BCUT2D eigenvalue weighted by atomic mass is 10.0. The molecule has 0 saturated heterocycles. The summed E-state index contributed by atoms with van der Waals surface area (Å²) >= 11 is 6.17. The summed E-state index contributed by atoms with van der Waals surface area (Å²) in [5, 5.41) is 3.77. The summed E-state index contributed by atoms with van der Waals surface area (Å²) in [5.41, 5.74) is 2.43. The van der Waals surface area contributed by atoms with Crippen molar-refractivity contribution in [2.75, 3.05) is 5.32 Å². The highest BCUT2D eigenvalue weighted by Gasteiger charge is 2.15. The molecule has 3 aromatic rings. The van der Waals surface area contributed by atoms with Gasteiger partial charge in [0, 0.05) is 35.1 Å². The van der Waals surface area contributed by atoms with Crippen molar-refractivity contribution < 1.29 is 9.59 Å². The largest absolute Gasteiger partial charge is 0.360 e. The number of fused-ring (bicyclic) bond motifs is 1. The molecule has 0 aliphatic carbocycles. The topological polar surface area (TPSA) is 74.8 Å². The maximum atomic E-state index is 12.5. The number of nitrogens with zero attached hydrogens (tertiary/aromatic N) is 1. The maximum absolute atomic E-state index is 12.5. The average Bonchev–Trinajstić information content (AvgIpc) is 3.01. The molecule has 0 bridgehead atoms. The third-order valence-corrected chi connectivity index (χ3v) is 4.28. The number of anilines is 1. The number of carbonyl (C=O) groups is 2. The monoisotopic (exact) mass is 355 g/mol. The summed E-state index contributed by atoms with van der Waals surface area (Å²) in [7, 11) is 0. The molecular formula is C19H18ClN3O2. The molecule has 0 radical (unpaired) electrons. The molecule has 2 heterocycles. The van der Waals surface area contributed by atoms with Gasteiger partial charge < -0.3 is 10.3 Å². The Hall–Kier alpha value is -2.66. The smallest absolute Gasteiger partial charge is 0.257 e. The summed E-state index contributed by atoms with van der Waals surface area (Å²) in [4.78, 5) is 31.6. The number of aromatic amines is 1. The molecule has 0 atom stereocenters. The van der Waals surface area contributed by atoms with Crippen molar-refractivity contribution in [3.63, 3.8) is 0 Å². The molecule has 1 amide bonds. The van der Waals surface area contributed by atoms with E-state index in [4.69, 9.17) is 11.6 Å². The maximum Gasteiger partial charge on any atom is 0.257 e. The van der Waals surface area contributed by atoms with Gasteiger partial charge in [-0.2, -0.15) is 0 Å². The summed E-state index contributed by atoms with van der Waals surface area (Å²) in [6.45, 7) is 3.69. The number of ketones is 1. The molecule has 1 aromatic carbocycles. The zero-order valence-corrected chi connectivity index (χ0v) is 14.7. The van der Waals surface area contributed by atoms with E-state index in [9.17, 15) is 9.59 Å². The number of benzene rings is 1. The fourth-order valence-electron chi connectivity index (χ4n) is 2.50. The fraction of sp³-hybridized carbons (Fsp3) is 0.211. The molecule has 2 aromatic heterocycles. The molecule has 0 saturated carbocycles. The van der Waals surface area contributed by atoms with Gasteiger partial charge in [-0.15, -0.1) is 0 Å². The zero-order chi connectivity index (χ0) is 18.0. The van der Waals surface area contributed by atoms with Gasteiger partial charge in [-0.25, -0.2) is 4.98 Å². The Bertz CT molecular complexity index is 947. The van der Waals surface area contributed by atoms with Crippen molar-refractivity contribution >= 4 is 39.9 Å². The van der Waals surface area contributed by atoms with Gasteiger partial charge in [-0.05, 0) is 18.2 Å². The first-order valence-corrected chi connectivity index (χ1v) is 8.39. The van der Waals surface area contributed by atoms with Gasteiger partial charge in [0.15, 0.2) is 5.15 Å². The van der Waals surface area contributed by atoms with E-state index in [-0.39, 0.29) is 29.2 Å². The van der Waals surface area contributed by atoms with Crippen LogP contribution in [0.1, 0.15) is 29.9 Å². The Kier molecular flexibility index (Phi) is 4.86. The number of hydrogen-bond donors (Lipinski definition) is 2. The van der Waals surface area contributed by atoms with Gasteiger partial charge in [0.1, 0.15) is 5.78 Å². The number of Topliss-reactive ketones (excluding diaryl/α,β-unsaturated/α-hetero) is 1. The van der Waals surface area contributed by atoms with Crippen LogP contribution < -0.4 is 5.32 Å². The minimum atomic E-state index is -0.271. The number of hydrogen-bond acceptors (Lipinski definition) is 3. The van der Waals surface area contributed by atoms with Gasteiger partial charge >= 0.3 is 0 Å². The Morgan fingerprint density at radius 2 is 1.96 bits per heavy atom. The molecule has 2 N–H and O–H groups in total. The molecule has 25 heavy (non-hydrogen) atoms. The van der Waals surface area contributed by atoms with Crippen LogP contribution in [-0.4, -0.2) is 21.7 Å². The van der Waals surface area contributed by atoms with Gasteiger partial charge in [0.2, 0.25) is 0 Å². The molecule has 3 rings (SSSR count). The highest BCUT2D eigenvalue weighted by Crippen LogP contribution is 2.23. The van der Waals surface area contributed by atoms with Crippen LogP contribution >= 0.6 is 11.6 Å². The highest BCUT2D eigenvalue weighted by molar-refractivity contribution is 6.32. The first kappa shape index (κ1) is 17.2. The predicted octanol–water partition coefficient (Wildman–Crippen LogP) is 4.24. The molecule has 0 spiro atoms. The van der Waals surface area contributed by atoms with E-state index in [1.807, 2.05) is 38.1 Å². The molecule has 6 heteroatoms. The molecule has 0 fully saturated rings. The minimum Gasteiger partial charge on any atom is -0.360 e. The third-order valence-electron chi connectivity index (χ3n) is 3.99. The molecular weight excluding hydrogens is 338 g/mol. The molecule has 128 valence electrons. The lowest BCUT2D eigenvalue weighted by Gasteiger charge is -2.09. The van der Waals surface area contributed by atoms with E-state index in [0.717, 1.165) is 10.9 Å². The van der Waals surface area contributed by atoms with Crippen LogP contribution in [0.4, 0.5) is 5.69 Å². The predicted molar refractivity (Wildman–Crippen MR) is 99.0 cm³/mol. The normalized spacial score (nSPS) is 11.0. The van der Waals surface area contributed by atoms with Crippen LogP contribution in [0.3, 0.4) is 0 Å². The van der Waals surface area contributed by atoms with E-state index in [2.05, 4.69) is 15.3 Å². The van der Waals surface area contributed by atoms with Crippen molar-refractivity contribution in [2.45, 2.75) is 20.3 Å². The van der Waals surface area contributed by atoms with Crippen LogP contribution in [0.2, 0.25) is 5.15 Å². The third kappa shape index (κ3) is 3.72. The van der Waals surface area contributed by atoms with Crippen molar-refractivity contribution in [3.05, 3.63) is 59.0 Å². The highest BCUT2D eigenvalue weighted by atomic mass is 35.5. The number of nitrogens with one attached hydrogen (secondary N) is 2. The van der Waals surface area contributed by atoms with E-state index in [1.54, 1.807) is 18.3 Å². The number of H-pyrrole nitrogens is 1.